The number of ether oxygens (including phenoxy) is 1. The first-order chi connectivity index (χ1) is 16.9. The van der Waals surface area contributed by atoms with Crippen molar-refractivity contribution in [3.05, 3.63) is 112 Å². The van der Waals surface area contributed by atoms with E-state index in [0.29, 0.717) is 24.7 Å². The fraction of sp³-hybridized carbons (Fsp3) is 0.192. The van der Waals surface area contributed by atoms with Gasteiger partial charge < -0.3 is 19.9 Å². The quantitative estimate of drug-likeness (QED) is 0.310. The van der Waals surface area contributed by atoms with Crippen molar-refractivity contribution in [3.63, 3.8) is 0 Å². The molecule has 3 aromatic rings. The minimum atomic E-state index is -0.446. The molecule has 0 radical (unpaired) electrons. The Hall–Kier alpha value is -4.11. The number of benzene rings is 3. The number of carbonyl (C=O) groups is 1. The molecule has 1 atom stereocenters. The highest BCUT2D eigenvalue weighted by molar-refractivity contribution is 5.92. The van der Waals surface area contributed by atoms with E-state index in [0.717, 1.165) is 11.1 Å². The summed E-state index contributed by atoms with van der Waals surface area (Å²) in [6.07, 6.45) is 3.40. The number of aryl methyl sites for hydroxylation is 1. The molecule has 1 unspecified atom stereocenters. The van der Waals surface area contributed by atoms with Gasteiger partial charge in [-0.2, -0.15) is 0 Å². The highest BCUT2D eigenvalue weighted by atomic mass is 35.5. The number of nitro groups is 1. The second-order valence-corrected chi connectivity index (χ2v) is 8.23. The second kappa shape index (κ2) is 12.0. The first kappa shape index (κ1) is 26.5. The van der Waals surface area contributed by atoms with E-state index in [1.807, 2.05) is 53.4 Å². The molecule has 0 saturated carbocycles. The van der Waals surface area contributed by atoms with Gasteiger partial charge in [0, 0.05) is 30.2 Å². The van der Waals surface area contributed by atoms with E-state index in [1.165, 1.54) is 36.4 Å². The predicted octanol–water partition coefficient (Wildman–Crippen LogP) is 5.27. The van der Waals surface area contributed by atoms with E-state index in [-0.39, 0.29) is 42.5 Å². The van der Waals surface area contributed by atoms with Crippen LogP contribution in [0.4, 0.5) is 15.8 Å². The van der Waals surface area contributed by atoms with Crippen molar-refractivity contribution in [2.75, 3.05) is 25.1 Å². The Morgan fingerprint density at radius 1 is 1.06 bits per heavy atom. The fourth-order valence-electron chi connectivity index (χ4n) is 3.83. The molecular weight excluding hydrogens is 487 g/mol. The number of hydrogen-bond donors (Lipinski definition) is 1. The largest absolute Gasteiger partial charge is 0.484 e. The lowest BCUT2D eigenvalue weighted by molar-refractivity contribution is -0.384. The molecule has 1 amide bonds. The van der Waals surface area contributed by atoms with E-state index in [1.54, 1.807) is 12.1 Å². The molecule has 0 bridgehead atoms. The molecule has 8 nitrogen and oxygen atoms in total. The summed E-state index contributed by atoms with van der Waals surface area (Å²) in [5.74, 6) is -0.0384. The van der Waals surface area contributed by atoms with E-state index in [2.05, 4.69) is 5.32 Å². The third-order valence-corrected chi connectivity index (χ3v) is 5.59. The average molecular weight is 513 g/mol. The summed E-state index contributed by atoms with van der Waals surface area (Å²) in [6, 6.07) is 19.6. The van der Waals surface area contributed by atoms with Crippen molar-refractivity contribution in [2.24, 2.45) is 0 Å². The molecule has 1 aliphatic rings. The summed E-state index contributed by atoms with van der Waals surface area (Å²) in [4.78, 5) is 26.8. The van der Waals surface area contributed by atoms with Crippen LogP contribution in [0.15, 0.2) is 85.2 Å². The molecule has 0 aliphatic carbocycles. The van der Waals surface area contributed by atoms with Crippen LogP contribution in [0.5, 0.6) is 5.75 Å². The first-order valence-electron chi connectivity index (χ1n) is 11.1. The third kappa shape index (κ3) is 6.96. The standard InChI is InChI=1S/C26H25FN4O4.ClH/c1-19-4-2-3-5-24(19)25(35-23-12-10-22(11-13-23)31(33)34)16-29-14-15-30(18-29)17-26(32)28-21-8-6-20(27)7-9-21;/h2-15,25H,16-18H2,1H3,(H,28,32);1H. The minimum Gasteiger partial charge on any atom is -0.484 e. The second-order valence-electron chi connectivity index (χ2n) is 8.23. The predicted molar refractivity (Wildman–Crippen MR) is 137 cm³/mol. The molecule has 0 spiro atoms. The fourth-order valence-corrected chi connectivity index (χ4v) is 3.83. The molecule has 10 heteroatoms. The van der Waals surface area contributed by atoms with Gasteiger partial charge >= 0.3 is 0 Å². The van der Waals surface area contributed by atoms with Gasteiger partial charge in [-0.15, -0.1) is 12.4 Å². The Labute approximate surface area is 214 Å². The van der Waals surface area contributed by atoms with Crippen LogP contribution < -0.4 is 10.1 Å². The van der Waals surface area contributed by atoms with Gasteiger partial charge in [0.1, 0.15) is 17.7 Å². The van der Waals surface area contributed by atoms with Crippen molar-refractivity contribution >= 4 is 29.7 Å². The lowest BCUT2D eigenvalue weighted by Gasteiger charge is -2.27. The van der Waals surface area contributed by atoms with E-state index >= 15 is 0 Å². The number of nitrogens with one attached hydrogen (secondary N) is 1. The monoisotopic (exact) mass is 512 g/mol. The Balaban J connectivity index is 0.00000361. The zero-order valence-electron chi connectivity index (χ0n) is 19.5. The number of anilines is 1. The number of nitrogens with zero attached hydrogens (tertiary/aromatic N) is 3. The number of non-ortho nitro benzene ring substituents is 1. The van der Waals surface area contributed by atoms with Gasteiger partial charge in [-0.05, 0) is 54.4 Å². The van der Waals surface area contributed by atoms with Crippen molar-refractivity contribution in [2.45, 2.75) is 13.0 Å². The number of rotatable bonds is 9. The van der Waals surface area contributed by atoms with Crippen molar-refractivity contribution in [1.29, 1.82) is 0 Å². The molecule has 1 heterocycles. The first-order valence-corrected chi connectivity index (χ1v) is 11.1. The maximum atomic E-state index is 13.1. The number of hydrogen-bond acceptors (Lipinski definition) is 6. The van der Waals surface area contributed by atoms with Gasteiger partial charge in [-0.25, -0.2) is 4.39 Å². The molecule has 36 heavy (non-hydrogen) atoms. The summed E-state index contributed by atoms with van der Waals surface area (Å²) in [5.41, 5.74) is 2.61. The number of carbonyl (C=O) groups excluding carboxylic acids is 1. The van der Waals surface area contributed by atoms with Crippen molar-refractivity contribution in [1.82, 2.24) is 9.80 Å². The van der Waals surface area contributed by atoms with Crippen LogP contribution in [-0.4, -0.2) is 40.4 Å². The molecule has 4 rings (SSSR count). The van der Waals surface area contributed by atoms with Gasteiger partial charge in [0.2, 0.25) is 5.91 Å². The Morgan fingerprint density at radius 3 is 2.39 bits per heavy atom. The summed E-state index contributed by atoms with van der Waals surface area (Å²) in [6.45, 7) is 3.15. The van der Waals surface area contributed by atoms with Gasteiger partial charge in [0.25, 0.3) is 5.69 Å². The third-order valence-electron chi connectivity index (χ3n) is 5.59. The molecule has 1 aliphatic heterocycles. The molecule has 1 N–H and O–H groups in total. The molecule has 0 fully saturated rings. The van der Waals surface area contributed by atoms with Crippen molar-refractivity contribution in [3.8, 4) is 5.75 Å². The van der Waals surface area contributed by atoms with E-state index in [4.69, 9.17) is 4.74 Å². The Kier molecular flexibility index (Phi) is 8.86. The van der Waals surface area contributed by atoms with Crippen LogP contribution in [0.2, 0.25) is 0 Å². The number of halogens is 2. The molecule has 0 saturated heterocycles. The Morgan fingerprint density at radius 2 is 1.72 bits per heavy atom. The highest BCUT2D eigenvalue weighted by Gasteiger charge is 2.23. The zero-order chi connectivity index (χ0) is 24.8. The zero-order valence-corrected chi connectivity index (χ0v) is 20.4. The lowest BCUT2D eigenvalue weighted by atomic mass is 10.0. The van der Waals surface area contributed by atoms with Crippen LogP contribution in [0.1, 0.15) is 17.2 Å². The molecule has 0 aromatic heterocycles. The highest BCUT2D eigenvalue weighted by Crippen LogP contribution is 2.28. The van der Waals surface area contributed by atoms with Crippen LogP contribution in [-0.2, 0) is 4.79 Å². The summed E-state index contributed by atoms with van der Waals surface area (Å²) in [7, 11) is 0. The van der Waals surface area contributed by atoms with Gasteiger partial charge in [0.15, 0.2) is 0 Å². The summed E-state index contributed by atoms with van der Waals surface area (Å²) < 4.78 is 19.3. The van der Waals surface area contributed by atoms with Crippen molar-refractivity contribution < 1.29 is 18.8 Å². The number of amides is 1. The molecular formula is C26H26ClFN4O4. The SMILES string of the molecule is Cc1ccccc1C(CN1C=CN(CC(=O)Nc2ccc(F)cc2)C1)Oc1ccc([N+](=O)[O-])cc1.Cl. The maximum absolute atomic E-state index is 13.1. The average Bonchev–Trinajstić information content (AvgIpc) is 3.27. The Bertz CT molecular complexity index is 1220. The van der Waals surface area contributed by atoms with Gasteiger partial charge in [0.05, 0.1) is 24.7 Å². The smallest absolute Gasteiger partial charge is 0.269 e. The normalized spacial score (nSPS) is 13.2. The van der Waals surface area contributed by atoms with E-state index in [9.17, 15) is 19.3 Å². The topological polar surface area (TPSA) is 88.0 Å². The van der Waals surface area contributed by atoms with Crippen LogP contribution >= 0.6 is 12.4 Å². The van der Waals surface area contributed by atoms with Crippen LogP contribution in [0, 0.1) is 22.9 Å². The van der Waals surface area contributed by atoms with Crippen LogP contribution in [0.3, 0.4) is 0 Å². The molecule has 188 valence electrons. The van der Waals surface area contributed by atoms with Gasteiger partial charge in [-0.1, -0.05) is 24.3 Å². The summed E-state index contributed by atoms with van der Waals surface area (Å²) in [5, 5.41) is 13.7. The molecule has 3 aromatic carbocycles. The number of nitro benzene ring substituents is 1. The summed E-state index contributed by atoms with van der Waals surface area (Å²) >= 11 is 0. The lowest BCUT2D eigenvalue weighted by Crippen LogP contribution is -2.34. The maximum Gasteiger partial charge on any atom is 0.269 e. The van der Waals surface area contributed by atoms with Gasteiger partial charge in [-0.3, -0.25) is 14.9 Å². The minimum absolute atomic E-state index is 0. The van der Waals surface area contributed by atoms with Crippen LogP contribution in [0.25, 0.3) is 0 Å². The van der Waals surface area contributed by atoms with E-state index < -0.39 is 4.92 Å².